The van der Waals surface area contributed by atoms with Crippen LogP contribution in [0, 0.1) is 0 Å². The maximum absolute atomic E-state index is 5.71. The first-order chi connectivity index (χ1) is 13.2. The minimum Gasteiger partial charge on any atom is -0.377 e. The quantitative estimate of drug-likeness (QED) is 0.356. The minimum absolute atomic E-state index is 0.363. The number of hydrogen-bond acceptors (Lipinski definition) is 4. The van der Waals surface area contributed by atoms with E-state index in [1.165, 1.54) is 5.56 Å². The molecular formula is C21H32N4O2. The van der Waals surface area contributed by atoms with Crippen LogP contribution in [0.1, 0.15) is 56.5 Å². The Hall–Kier alpha value is -2.34. The van der Waals surface area contributed by atoms with E-state index in [-0.39, 0.29) is 0 Å². The SMILES string of the molecule is CCNC(=NCc1cc(C(C)C)no1)NCCCCOCc1ccccc1. The van der Waals surface area contributed by atoms with E-state index in [9.17, 15) is 0 Å². The van der Waals surface area contributed by atoms with Gasteiger partial charge in [-0.3, -0.25) is 0 Å². The first kappa shape index (κ1) is 21.0. The van der Waals surface area contributed by atoms with E-state index in [1.807, 2.05) is 24.3 Å². The molecule has 1 aromatic carbocycles. The van der Waals surface area contributed by atoms with Crippen molar-refractivity contribution in [2.75, 3.05) is 19.7 Å². The van der Waals surface area contributed by atoms with Crippen LogP contribution in [0.5, 0.6) is 0 Å². The number of benzene rings is 1. The summed E-state index contributed by atoms with van der Waals surface area (Å²) < 4.78 is 11.0. The highest BCUT2D eigenvalue weighted by Gasteiger charge is 2.07. The van der Waals surface area contributed by atoms with Gasteiger partial charge in [0.1, 0.15) is 6.54 Å². The highest BCUT2D eigenvalue weighted by Crippen LogP contribution is 2.14. The molecule has 0 aliphatic heterocycles. The van der Waals surface area contributed by atoms with Crippen LogP contribution in [0.25, 0.3) is 0 Å². The molecule has 6 nitrogen and oxygen atoms in total. The molecule has 27 heavy (non-hydrogen) atoms. The van der Waals surface area contributed by atoms with Gasteiger partial charge in [-0.2, -0.15) is 0 Å². The fraction of sp³-hybridized carbons (Fsp3) is 0.524. The molecule has 0 amide bonds. The maximum Gasteiger partial charge on any atom is 0.191 e. The molecule has 0 radical (unpaired) electrons. The van der Waals surface area contributed by atoms with E-state index < -0.39 is 0 Å². The Morgan fingerprint density at radius 1 is 1.19 bits per heavy atom. The molecule has 0 atom stereocenters. The molecule has 148 valence electrons. The molecule has 0 saturated carbocycles. The summed E-state index contributed by atoms with van der Waals surface area (Å²) in [6, 6.07) is 12.2. The molecular weight excluding hydrogens is 340 g/mol. The molecule has 0 aliphatic rings. The largest absolute Gasteiger partial charge is 0.377 e. The lowest BCUT2D eigenvalue weighted by molar-refractivity contribution is 0.117. The first-order valence-corrected chi connectivity index (χ1v) is 9.78. The molecule has 1 heterocycles. The van der Waals surface area contributed by atoms with E-state index in [4.69, 9.17) is 9.26 Å². The van der Waals surface area contributed by atoms with Crippen LogP contribution in [-0.4, -0.2) is 30.8 Å². The molecule has 2 aromatic rings. The number of guanidine groups is 1. The van der Waals surface area contributed by atoms with Gasteiger partial charge in [-0.05, 0) is 31.2 Å². The van der Waals surface area contributed by atoms with Crippen LogP contribution in [0.15, 0.2) is 45.9 Å². The Morgan fingerprint density at radius 2 is 2.00 bits per heavy atom. The summed E-state index contributed by atoms with van der Waals surface area (Å²) in [6.07, 6.45) is 2.04. The van der Waals surface area contributed by atoms with Gasteiger partial charge in [0.25, 0.3) is 0 Å². The molecule has 6 heteroatoms. The summed E-state index contributed by atoms with van der Waals surface area (Å²) in [7, 11) is 0. The van der Waals surface area contributed by atoms with Crippen LogP contribution in [-0.2, 0) is 17.9 Å². The van der Waals surface area contributed by atoms with Crippen molar-refractivity contribution in [1.29, 1.82) is 0 Å². The van der Waals surface area contributed by atoms with Crippen molar-refractivity contribution in [2.45, 2.75) is 52.7 Å². The van der Waals surface area contributed by atoms with Crippen molar-refractivity contribution in [2.24, 2.45) is 4.99 Å². The molecule has 1 aromatic heterocycles. The van der Waals surface area contributed by atoms with Crippen LogP contribution in [0.4, 0.5) is 0 Å². The van der Waals surface area contributed by atoms with Gasteiger partial charge in [-0.25, -0.2) is 4.99 Å². The third-order valence-corrected chi connectivity index (χ3v) is 4.03. The molecule has 0 saturated heterocycles. The fourth-order valence-corrected chi connectivity index (χ4v) is 2.47. The normalized spacial score (nSPS) is 11.8. The predicted molar refractivity (Wildman–Crippen MR) is 109 cm³/mol. The van der Waals surface area contributed by atoms with Crippen molar-refractivity contribution >= 4 is 5.96 Å². The first-order valence-electron chi connectivity index (χ1n) is 9.78. The average molecular weight is 373 g/mol. The van der Waals surface area contributed by atoms with E-state index in [2.05, 4.69) is 53.7 Å². The number of aromatic nitrogens is 1. The second-order valence-electron chi connectivity index (χ2n) is 6.74. The van der Waals surface area contributed by atoms with Crippen LogP contribution >= 0.6 is 0 Å². The zero-order valence-corrected chi connectivity index (χ0v) is 16.7. The van der Waals surface area contributed by atoms with E-state index in [0.717, 1.165) is 50.0 Å². The molecule has 2 N–H and O–H groups in total. The summed E-state index contributed by atoms with van der Waals surface area (Å²) in [4.78, 5) is 4.56. The van der Waals surface area contributed by atoms with Gasteiger partial charge >= 0.3 is 0 Å². The van der Waals surface area contributed by atoms with Gasteiger partial charge in [-0.15, -0.1) is 0 Å². The third kappa shape index (κ3) is 8.26. The van der Waals surface area contributed by atoms with Crippen LogP contribution in [0.2, 0.25) is 0 Å². The second kappa shape index (κ2) is 12.1. The lowest BCUT2D eigenvalue weighted by Crippen LogP contribution is -2.37. The van der Waals surface area contributed by atoms with Crippen molar-refractivity contribution < 1.29 is 9.26 Å². The van der Waals surface area contributed by atoms with Gasteiger partial charge in [0.2, 0.25) is 0 Å². The van der Waals surface area contributed by atoms with Crippen molar-refractivity contribution in [1.82, 2.24) is 15.8 Å². The van der Waals surface area contributed by atoms with Gasteiger partial charge < -0.3 is 19.9 Å². The molecule has 2 rings (SSSR count). The predicted octanol–water partition coefficient (Wildman–Crippen LogP) is 3.85. The minimum atomic E-state index is 0.363. The van der Waals surface area contributed by atoms with Gasteiger partial charge in [0.15, 0.2) is 11.7 Å². The second-order valence-corrected chi connectivity index (χ2v) is 6.74. The zero-order valence-electron chi connectivity index (χ0n) is 16.7. The molecule has 0 unspecified atom stereocenters. The van der Waals surface area contributed by atoms with E-state index in [0.29, 0.717) is 19.1 Å². The lowest BCUT2D eigenvalue weighted by Gasteiger charge is -2.11. The Bertz CT molecular complexity index is 668. The van der Waals surface area contributed by atoms with Gasteiger partial charge in [0.05, 0.1) is 12.3 Å². The molecule has 0 aliphatic carbocycles. The van der Waals surface area contributed by atoms with Gasteiger partial charge in [-0.1, -0.05) is 49.3 Å². The summed E-state index contributed by atoms with van der Waals surface area (Å²) in [5.41, 5.74) is 2.18. The van der Waals surface area contributed by atoms with E-state index >= 15 is 0 Å². The Labute approximate surface area is 162 Å². The highest BCUT2D eigenvalue weighted by atomic mass is 16.5. The Kier molecular flexibility index (Phi) is 9.41. The standard InChI is InChI=1S/C21H32N4O2/c1-4-22-21(24-15-19-14-20(17(2)3)25-27-19)23-12-8-9-13-26-16-18-10-6-5-7-11-18/h5-7,10-11,14,17H,4,8-9,12-13,15-16H2,1-3H3,(H2,22,23,24). The van der Waals surface area contributed by atoms with Crippen molar-refractivity contribution in [3.63, 3.8) is 0 Å². The molecule has 0 spiro atoms. The monoisotopic (exact) mass is 372 g/mol. The Morgan fingerprint density at radius 3 is 2.70 bits per heavy atom. The number of rotatable bonds is 11. The zero-order chi connectivity index (χ0) is 19.3. The maximum atomic E-state index is 5.71. The van der Waals surface area contributed by atoms with Gasteiger partial charge in [0, 0.05) is 25.8 Å². The van der Waals surface area contributed by atoms with Crippen molar-refractivity contribution in [3.8, 4) is 0 Å². The van der Waals surface area contributed by atoms with E-state index in [1.54, 1.807) is 0 Å². The topological polar surface area (TPSA) is 71.7 Å². The summed E-state index contributed by atoms with van der Waals surface area (Å²) in [6.45, 7) is 9.84. The summed E-state index contributed by atoms with van der Waals surface area (Å²) in [5, 5.41) is 10.7. The Balaban J connectivity index is 1.63. The molecule has 0 fully saturated rings. The van der Waals surface area contributed by atoms with Crippen molar-refractivity contribution in [3.05, 3.63) is 53.4 Å². The lowest BCUT2D eigenvalue weighted by atomic mass is 10.1. The number of ether oxygens (including phenoxy) is 1. The number of nitrogens with one attached hydrogen (secondary N) is 2. The van der Waals surface area contributed by atoms with Crippen LogP contribution in [0.3, 0.4) is 0 Å². The third-order valence-electron chi connectivity index (χ3n) is 4.03. The number of hydrogen-bond donors (Lipinski definition) is 2. The molecule has 0 bridgehead atoms. The number of nitrogens with zero attached hydrogens (tertiary/aromatic N) is 2. The van der Waals surface area contributed by atoms with Crippen LogP contribution < -0.4 is 10.6 Å². The smallest absolute Gasteiger partial charge is 0.191 e. The summed E-state index contributed by atoms with van der Waals surface area (Å²) in [5.74, 6) is 1.94. The number of aliphatic imine (C=N–C) groups is 1. The summed E-state index contributed by atoms with van der Waals surface area (Å²) >= 11 is 0. The number of unbranched alkanes of at least 4 members (excludes halogenated alkanes) is 1. The fourth-order valence-electron chi connectivity index (χ4n) is 2.47. The average Bonchev–Trinajstić information content (AvgIpc) is 3.15. The highest BCUT2D eigenvalue weighted by molar-refractivity contribution is 5.79.